The zero-order valence-corrected chi connectivity index (χ0v) is 12.7. The van der Waals surface area contributed by atoms with Crippen molar-refractivity contribution in [1.29, 1.82) is 0 Å². The Morgan fingerprint density at radius 1 is 1.52 bits per heavy atom. The van der Waals surface area contributed by atoms with Crippen LogP contribution >= 0.6 is 0 Å². The number of aryl methyl sites for hydroxylation is 1. The van der Waals surface area contributed by atoms with E-state index in [9.17, 15) is 13.2 Å². The highest BCUT2D eigenvalue weighted by molar-refractivity contribution is 7.90. The van der Waals surface area contributed by atoms with Crippen molar-refractivity contribution in [2.75, 3.05) is 13.4 Å². The lowest BCUT2D eigenvalue weighted by Crippen LogP contribution is -2.06. The Bertz CT molecular complexity index is 823. The van der Waals surface area contributed by atoms with Gasteiger partial charge in [0.25, 0.3) is 0 Å². The highest BCUT2D eigenvalue weighted by Crippen LogP contribution is 2.37. The molecule has 0 aromatic carbocycles. The van der Waals surface area contributed by atoms with Crippen molar-refractivity contribution >= 4 is 26.7 Å². The summed E-state index contributed by atoms with van der Waals surface area (Å²) >= 11 is 0. The fraction of sp³-hybridized carbons (Fsp3) is 0.429. The number of rotatable bonds is 3. The molecule has 0 saturated carbocycles. The molecule has 1 aliphatic heterocycles. The number of carbonyl (C=O) groups is 1. The number of aromatic nitrogens is 2. The van der Waals surface area contributed by atoms with Gasteiger partial charge in [0, 0.05) is 36.0 Å². The maximum absolute atomic E-state index is 11.8. The molecule has 6 nitrogen and oxygen atoms in total. The lowest BCUT2D eigenvalue weighted by molar-refractivity contribution is -0.141. The summed E-state index contributed by atoms with van der Waals surface area (Å²) < 4.78 is 30.5. The second-order valence-corrected chi connectivity index (χ2v) is 7.24. The summed E-state index contributed by atoms with van der Waals surface area (Å²) in [4.78, 5) is 15.5. The number of pyridine rings is 1. The predicted molar refractivity (Wildman–Crippen MR) is 76.8 cm³/mol. The van der Waals surface area contributed by atoms with Gasteiger partial charge in [0.2, 0.25) is 0 Å². The molecule has 2 aromatic rings. The normalized spacial score (nSPS) is 17.9. The first kappa shape index (κ1) is 14.1. The molecule has 0 saturated heterocycles. The molecular formula is C14H16N2O4S. The SMILES string of the molecule is COC(=O)CC1CCn2c1cc1c(S(C)(=O)=O)nccc12. The van der Waals surface area contributed by atoms with E-state index in [1.165, 1.54) is 13.3 Å². The summed E-state index contributed by atoms with van der Waals surface area (Å²) in [6, 6.07) is 3.66. The first-order valence-corrected chi connectivity index (χ1v) is 8.56. The van der Waals surface area contributed by atoms with Crippen LogP contribution in [0.15, 0.2) is 23.4 Å². The highest BCUT2D eigenvalue weighted by atomic mass is 32.2. The van der Waals surface area contributed by atoms with Crippen molar-refractivity contribution < 1.29 is 17.9 Å². The number of ether oxygens (including phenoxy) is 1. The number of methoxy groups -OCH3 is 1. The lowest BCUT2D eigenvalue weighted by atomic mass is 10.0. The summed E-state index contributed by atoms with van der Waals surface area (Å²) in [5.74, 6) is -0.183. The van der Waals surface area contributed by atoms with Crippen LogP contribution in [0.4, 0.5) is 0 Å². The van der Waals surface area contributed by atoms with E-state index in [0.29, 0.717) is 11.8 Å². The molecule has 112 valence electrons. The van der Waals surface area contributed by atoms with Gasteiger partial charge in [-0.1, -0.05) is 0 Å². The molecule has 21 heavy (non-hydrogen) atoms. The zero-order chi connectivity index (χ0) is 15.2. The van der Waals surface area contributed by atoms with Gasteiger partial charge in [-0.05, 0) is 18.6 Å². The maximum Gasteiger partial charge on any atom is 0.306 e. The molecule has 0 N–H and O–H groups in total. The first-order valence-electron chi connectivity index (χ1n) is 6.67. The summed E-state index contributed by atoms with van der Waals surface area (Å²) in [7, 11) is -2.00. The Labute approximate surface area is 122 Å². The van der Waals surface area contributed by atoms with E-state index >= 15 is 0 Å². The molecule has 0 bridgehead atoms. The van der Waals surface area contributed by atoms with Crippen LogP contribution in [-0.2, 0) is 25.9 Å². The van der Waals surface area contributed by atoms with Gasteiger partial charge >= 0.3 is 5.97 Å². The van der Waals surface area contributed by atoms with Crippen LogP contribution in [-0.4, -0.2) is 37.3 Å². The molecule has 3 heterocycles. The fourth-order valence-electron chi connectivity index (χ4n) is 2.99. The molecule has 0 amide bonds. The molecular weight excluding hydrogens is 292 g/mol. The van der Waals surface area contributed by atoms with Crippen LogP contribution in [0.1, 0.15) is 24.5 Å². The smallest absolute Gasteiger partial charge is 0.306 e. The van der Waals surface area contributed by atoms with Crippen molar-refractivity contribution in [3.8, 4) is 0 Å². The molecule has 2 aromatic heterocycles. The summed E-state index contributed by atoms with van der Waals surface area (Å²) in [6.07, 6.45) is 3.84. The Kier molecular flexibility index (Phi) is 3.24. The van der Waals surface area contributed by atoms with E-state index in [0.717, 1.165) is 30.4 Å². The zero-order valence-electron chi connectivity index (χ0n) is 11.9. The standard InChI is InChI=1S/C14H16N2O4S/c1-20-13(17)7-9-4-6-16-11-3-5-15-14(21(2,18)19)10(11)8-12(9)16/h3,5,8-9H,4,6-7H2,1-2H3. The van der Waals surface area contributed by atoms with Crippen LogP contribution in [0.3, 0.4) is 0 Å². The highest BCUT2D eigenvalue weighted by Gasteiger charge is 2.29. The van der Waals surface area contributed by atoms with Crippen LogP contribution in [0.2, 0.25) is 0 Å². The van der Waals surface area contributed by atoms with Gasteiger partial charge in [-0.25, -0.2) is 13.4 Å². The first-order chi connectivity index (χ1) is 9.91. The quantitative estimate of drug-likeness (QED) is 0.803. The average molecular weight is 308 g/mol. The molecule has 1 unspecified atom stereocenters. The Balaban J connectivity index is 2.13. The van der Waals surface area contributed by atoms with E-state index in [-0.39, 0.29) is 16.9 Å². The van der Waals surface area contributed by atoms with E-state index < -0.39 is 9.84 Å². The maximum atomic E-state index is 11.8. The number of nitrogens with zero attached hydrogens (tertiary/aromatic N) is 2. The number of hydrogen-bond donors (Lipinski definition) is 0. The van der Waals surface area contributed by atoms with E-state index in [4.69, 9.17) is 4.74 Å². The van der Waals surface area contributed by atoms with Gasteiger partial charge in [0.05, 0.1) is 19.0 Å². The third-order valence-corrected chi connectivity index (χ3v) is 4.96. The molecule has 3 rings (SSSR count). The van der Waals surface area contributed by atoms with E-state index in [1.54, 1.807) is 0 Å². The number of hydrogen-bond acceptors (Lipinski definition) is 5. The molecule has 7 heteroatoms. The Hall–Kier alpha value is -1.89. The van der Waals surface area contributed by atoms with Crippen molar-refractivity contribution in [2.45, 2.75) is 30.3 Å². The summed E-state index contributed by atoms with van der Waals surface area (Å²) in [5.41, 5.74) is 1.83. The topological polar surface area (TPSA) is 78.3 Å². The molecule has 0 radical (unpaired) electrons. The molecule has 1 atom stereocenters. The van der Waals surface area contributed by atoms with Crippen LogP contribution in [0.5, 0.6) is 0 Å². The van der Waals surface area contributed by atoms with Crippen molar-refractivity contribution in [1.82, 2.24) is 9.55 Å². The fourth-order valence-corrected chi connectivity index (χ4v) is 3.80. The van der Waals surface area contributed by atoms with Gasteiger partial charge in [0.1, 0.15) is 0 Å². The largest absolute Gasteiger partial charge is 0.469 e. The molecule has 0 aliphatic carbocycles. The second-order valence-electron chi connectivity index (χ2n) is 5.31. The number of sulfone groups is 1. The Morgan fingerprint density at radius 2 is 2.29 bits per heavy atom. The van der Waals surface area contributed by atoms with Crippen LogP contribution < -0.4 is 0 Å². The predicted octanol–water partition coefficient (Wildman–Crippen LogP) is 1.49. The number of esters is 1. The van der Waals surface area contributed by atoms with Gasteiger partial charge in [-0.15, -0.1) is 0 Å². The van der Waals surface area contributed by atoms with Crippen molar-refractivity contribution in [3.63, 3.8) is 0 Å². The minimum Gasteiger partial charge on any atom is -0.469 e. The third kappa shape index (κ3) is 2.31. The van der Waals surface area contributed by atoms with E-state index in [2.05, 4.69) is 9.55 Å². The minimum atomic E-state index is -3.38. The average Bonchev–Trinajstić information content (AvgIpc) is 2.97. The summed E-state index contributed by atoms with van der Waals surface area (Å²) in [5, 5.41) is 0.725. The van der Waals surface area contributed by atoms with Gasteiger partial charge < -0.3 is 9.30 Å². The third-order valence-electron chi connectivity index (χ3n) is 3.94. The van der Waals surface area contributed by atoms with Crippen molar-refractivity contribution in [2.24, 2.45) is 0 Å². The number of fused-ring (bicyclic) bond motifs is 3. The Morgan fingerprint density at radius 3 is 2.95 bits per heavy atom. The van der Waals surface area contributed by atoms with Crippen LogP contribution in [0.25, 0.3) is 10.9 Å². The molecule has 0 fully saturated rings. The number of carbonyl (C=O) groups excluding carboxylic acids is 1. The van der Waals surface area contributed by atoms with Crippen molar-refractivity contribution in [3.05, 3.63) is 24.0 Å². The van der Waals surface area contributed by atoms with Gasteiger partial charge in [0.15, 0.2) is 14.9 Å². The van der Waals surface area contributed by atoms with Gasteiger partial charge in [-0.2, -0.15) is 0 Å². The molecule has 1 aliphatic rings. The van der Waals surface area contributed by atoms with E-state index in [1.807, 2.05) is 12.1 Å². The van der Waals surface area contributed by atoms with Gasteiger partial charge in [-0.3, -0.25) is 4.79 Å². The second kappa shape index (κ2) is 4.84. The lowest BCUT2D eigenvalue weighted by Gasteiger charge is -2.06. The van der Waals surface area contributed by atoms with Crippen LogP contribution in [0, 0.1) is 0 Å². The summed E-state index contributed by atoms with van der Waals surface area (Å²) in [6.45, 7) is 0.772. The molecule has 0 spiro atoms. The monoisotopic (exact) mass is 308 g/mol. The minimum absolute atomic E-state index is 0.0669.